The van der Waals surface area contributed by atoms with Crippen molar-refractivity contribution in [2.24, 2.45) is 0 Å². The van der Waals surface area contributed by atoms with Gasteiger partial charge in [0.2, 0.25) is 0 Å². The van der Waals surface area contributed by atoms with Gasteiger partial charge in [-0.25, -0.2) is 0 Å². The van der Waals surface area contributed by atoms with Gasteiger partial charge in [0.1, 0.15) is 0 Å². The first kappa shape index (κ1) is 11.6. The second kappa shape index (κ2) is 4.98. The van der Waals surface area contributed by atoms with E-state index in [-0.39, 0.29) is 6.10 Å². The SMILES string of the molecule is CCC(O)CN1CCc2ccccc2C1C. The molecule has 1 aliphatic rings. The molecule has 0 saturated heterocycles. The van der Waals surface area contributed by atoms with Crippen LogP contribution in [-0.4, -0.2) is 29.2 Å². The Bertz CT molecular complexity index is 350. The first-order chi connectivity index (χ1) is 7.72. The number of aliphatic hydroxyl groups is 1. The summed E-state index contributed by atoms with van der Waals surface area (Å²) in [6, 6.07) is 9.09. The predicted octanol–water partition coefficient (Wildman–Crippen LogP) is 2.38. The van der Waals surface area contributed by atoms with E-state index in [4.69, 9.17) is 0 Å². The summed E-state index contributed by atoms with van der Waals surface area (Å²) < 4.78 is 0. The number of nitrogens with zero attached hydrogens (tertiary/aromatic N) is 1. The van der Waals surface area contributed by atoms with E-state index in [0.29, 0.717) is 6.04 Å². The Balaban J connectivity index is 2.12. The largest absolute Gasteiger partial charge is 0.392 e. The van der Waals surface area contributed by atoms with Gasteiger partial charge in [-0.3, -0.25) is 4.90 Å². The third-order valence-electron chi connectivity index (χ3n) is 3.64. The summed E-state index contributed by atoms with van der Waals surface area (Å²) in [6.45, 7) is 6.13. The Morgan fingerprint density at radius 2 is 2.19 bits per heavy atom. The zero-order valence-electron chi connectivity index (χ0n) is 10.2. The lowest BCUT2D eigenvalue weighted by atomic mass is 9.93. The maximum absolute atomic E-state index is 9.73. The van der Waals surface area contributed by atoms with Crippen LogP contribution in [0, 0.1) is 0 Å². The van der Waals surface area contributed by atoms with Crippen molar-refractivity contribution >= 4 is 0 Å². The van der Waals surface area contributed by atoms with E-state index in [1.54, 1.807) is 0 Å². The Morgan fingerprint density at radius 1 is 1.44 bits per heavy atom. The van der Waals surface area contributed by atoms with Gasteiger partial charge in [0.25, 0.3) is 0 Å². The summed E-state index contributed by atoms with van der Waals surface area (Å²) in [5.74, 6) is 0. The fourth-order valence-corrected chi connectivity index (χ4v) is 2.47. The monoisotopic (exact) mass is 219 g/mol. The molecule has 1 aromatic rings. The summed E-state index contributed by atoms with van der Waals surface area (Å²) in [5, 5.41) is 9.73. The van der Waals surface area contributed by atoms with Crippen molar-refractivity contribution < 1.29 is 5.11 Å². The van der Waals surface area contributed by atoms with Crippen LogP contribution in [0.25, 0.3) is 0 Å². The zero-order valence-corrected chi connectivity index (χ0v) is 10.2. The molecule has 2 heteroatoms. The van der Waals surface area contributed by atoms with Gasteiger partial charge in [-0.2, -0.15) is 0 Å². The van der Waals surface area contributed by atoms with E-state index in [2.05, 4.69) is 36.1 Å². The minimum absolute atomic E-state index is 0.187. The molecule has 0 aromatic heterocycles. The molecule has 2 nitrogen and oxygen atoms in total. The van der Waals surface area contributed by atoms with E-state index in [0.717, 1.165) is 25.9 Å². The second-order valence-corrected chi connectivity index (χ2v) is 4.68. The van der Waals surface area contributed by atoms with Crippen molar-refractivity contribution in [1.82, 2.24) is 4.90 Å². The van der Waals surface area contributed by atoms with Crippen molar-refractivity contribution in [3.05, 3.63) is 35.4 Å². The molecular formula is C14H21NO. The summed E-state index contributed by atoms with van der Waals surface area (Å²) in [6.07, 6.45) is 1.76. The van der Waals surface area contributed by atoms with Gasteiger partial charge in [0.05, 0.1) is 6.10 Å². The zero-order chi connectivity index (χ0) is 11.5. The Hall–Kier alpha value is -0.860. The molecule has 0 amide bonds. The van der Waals surface area contributed by atoms with E-state index < -0.39 is 0 Å². The summed E-state index contributed by atoms with van der Waals surface area (Å²) in [7, 11) is 0. The van der Waals surface area contributed by atoms with Crippen molar-refractivity contribution in [3.63, 3.8) is 0 Å². The quantitative estimate of drug-likeness (QED) is 0.843. The average Bonchev–Trinajstić information content (AvgIpc) is 2.33. The van der Waals surface area contributed by atoms with E-state index in [1.807, 2.05) is 6.92 Å². The van der Waals surface area contributed by atoms with Gasteiger partial charge in [0, 0.05) is 19.1 Å². The fraction of sp³-hybridized carbons (Fsp3) is 0.571. The molecule has 0 spiro atoms. The van der Waals surface area contributed by atoms with Crippen LogP contribution < -0.4 is 0 Å². The lowest BCUT2D eigenvalue weighted by molar-refractivity contribution is 0.0841. The number of hydrogen-bond acceptors (Lipinski definition) is 2. The van der Waals surface area contributed by atoms with Crippen LogP contribution in [0.3, 0.4) is 0 Å². The number of fused-ring (bicyclic) bond motifs is 1. The molecule has 2 rings (SSSR count). The van der Waals surface area contributed by atoms with Crippen LogP contribution in [0.2, 0.25) is 0 Å². The molecule has 0 fully saturated rings. The highest BCUT2D eigenvalue weighted by atomic mass is 16.3. The third kappa shape index (κ3) is 2.28. The number of rotatable bonds is 3. The van der Waals surface area contributed by atoms with Crippen LogP contribution in [-0.2, 0) is 6.42 Å². The standard InChI is InChI=1S/C14H21NO/c1-3-13(16)10-15-9-8-12-6-4-5-7-14(12)11(15)2/h4-7,11,13,16H,3,8-10H2,1-2H3. The molecule has 2 atom stereocenters. The summed E-state index contributed by atoms with van der Waals surface area (Å²) in [5.41, 5.74) is 2.90. The minimum atomic E-state index is -0.187. The molecule has 16 heavy (non-hydrogen) atoms. The number of β-amino-alcohol motifs (C(OH)–C–C–N with tert-alkyl or cyclic N) is 1. The van der Waals surface area contributed by atoms with Crippen molar-refractivity contribution in [1.29, 1.82) is 0 Å². The molecule has 88 valence electrons. The van der Waals surface area contributed by atoms with Crippen LogP contribution >= 0.6 is 0 Å². The van der Waals surface area contributed by atoms with Gasteiger partial charge >= 0.3 is 0 Å². The maximum Gasteiger partial charge on any atom is 0.0664 e. The summed E-state index contributed by atoms with van der Waals surface area (Å²) in [4.78, 5) is 2.39. The highest BCUT2D eigenvalue weighted by molar-refractivity contribution is 5.32. The second-order valence-electron chi connectivity index (χ2n) is 4.68. The van der Waals surface area contributed by atoms with E-state index >= 15 is 0 Å². The molecule has 0 radical (unpaired) electrons. The van der Waals surface area contributed by atoms with Gasteiger partial charge in [0.15, 0.2) is 0 Å². The first-order valence-corrected chi connectivity index (χ1v) is 6.22. The molecule has 0 saturated carbocycles. The highest BCUT2D eigenvalue weighted by Crippen LogP contribution is 2.29. The lowest BCUT2D eigenvalue weighted by Crippen LogP contribution is -2.39. The molecule has 0 aliphatic carbocycles. The molecule has 1 aromatic carbocycles. The highest BCUT2D eigenvalue weighted by Gasteiger charge is 2.24. The normalized spacial score (nSPS) is 22.8. The first-order valence-electron chi connectivity index (χ1n) is 6.22. The Kier molecular flexibility index (Phi) is 3.62. The van der Waals surface area contributed by atoms with Crippen molar-refractivity contribution in [3.8, 4) is 0 Å². The van der Waals surface area contributed by atoms with Crippen LogP contribution in [0.1, 0.15) is 37.4 Å². The van der Waals surface area contributed by atoms with Crippen LogP contribution in [0.5, 0.6) is 0 Å². The van der Waals surface area contributed by atoms with Crippen molar-refractivity contribution in [2.45, 2.75) is 38.8 Å². The number of benzene rings is 1. The summed E-state index contributed by atoms with van der Waals surface area (Å²) >= 11 is 0. The predicted molar refractivity (Wildman–Crippen MR) is 66.4 cm³/mol. The van der Waals surface area contributed by atoms with Crippen LogP contribution in [0.15, 0.2) is 24.3 Å². The van der Waals surface area contributed by atoms with E-state index in [9.17, 15) is 5.11 Å². The van der Waals surface area contributed by atoms with Crippen LogP contribution in [0.4, 0.5) is 0 Å². The minimum Gasteiger partial charge on any atom is -0.392 e. The number of aliphatic hydroxyl groups excluding tert-OH is 1. The smallest absolute Gasteiger partial charge is 0.0664 e. The molecule has 1 aliphatic heterocycles. The topological polar surface area (TPSA) is 23.5 Å². The van der Waals surface area contributed by atoms with Gasteiger partial charge in [-0.05, 0) is 30.9 Å². The molecule has 1 heterocycles. The van der Waals surface area contributed by atoms with Gasteiger partial charge in [-0.1, -0.05) is 31.2 Å². The number of hydrogen-bond donors (Lipinski definition) is 1. The molecular weight excluding hydrogens is 198 g/mol. The molecule has 2 unspecified atom stereocenters. The maximum atomic E-state index is 9.73. The Morgan fingerprint density at radius 3 is 2.94 bits per heavy atom. The average molecular weight is 219 g/mol. The fourth-order valence-electron chi connectivity index (χ4n) is 2.47. The third-order valence-corrected chi connectivity index (χ3v) is 3.64. The molecule has 1 N–H and O–H groups in total. The van der Waals surface area contributed by atoms with Crippen molar-refractivity contribution in [2.75, 3.05) is 13.1 Å². The molecule has 0 bridgehead atoms. The van der Waals surface area contributed by atoms with E-state index in [1.165, 1.54) is 11.1 Å². The van der Waals surface area contributed by atoms with Gasteiger partial charge in [-0.15, -0.1) is 0 Å². The lowest BCUT2D eigenvalue weighted by Gasteiger charge is -2.36. The Labute approximate surface area is 97.9 Å². The van der Waals surface area contributed by atoms with Gasteiger partial charge < -0.3 is 5.11 Å².